The zero-order valence-corrected chi connectivity index (χ0v) is 25.8. The largest absolute Gasteiger partial charge is 0.443 e. The summed E-state index contributed by atoms with van der Waals surface area (Å²) < 4.78 is 45.9. The third-order valence-corrected chi connectivity index (χ3v) is 9.76. The van der Waals surface area contributed by atoms with Crippen LogP contribution in [0.1, 0.15) is 45.6 Å². The number of nitrogens with two attached hydrogens (primary N) is 1. The highest BCUT2D eigenvalue weighted by Crippen LogP contribution is 2.33. The van der Waals surface area contributed by atoms with E-state index in [2.05, 4.69) is 5.32 Å². The fourth-order valence-corrected chi connectivity index (χ4v) is 7.20. The molecule has 4 N–H and O–H groups in total. The number of hydrogen-bond donors (Lipinski definition) is 3. The summed E-state index contributed by atoms with van der Waals surface area (Å²) in [5.41, 5.74) is 6.44. The number of rotatable bonds is 14. The number of nitrogens with zero attached hydrogens (tertiary/aromatic N) is 1. The average molecular weight is 618 g/mol. The van der Waals surface area contributed by atoms with Gasteiger partial charge in [-0.05, 0) is 55.4 Å². The van der Waals surface area contributed by atoms with Gasteiger partial charge in [0.05, 0.1) is 36.2 Å². The van der Waals surface area contributed by atoms with E-state index in [0.29, 0.717) is 19.4 Å². The van der Waals surface area contributed by atoms with Gasteiger partial charge in [0, 0.05) is 25.2 Å². The van der Waals surface area contributed by atoms with Crippen molar-refractivity contribution in [3.05, 3.63) is 60.2 Å². The van der Waals surface area contributed by atoms with Gasteiger partial charge in [0.2, 0.25) is 10.0 Å². The van der Waals surface area contributed by atoms with Crippen LogP contribution in [0.2, 0.25) is 0 Å². The summed E-state index contributed by atoms with van der Waals surface area (Å²) in [7, 11) is -4.12. The van der Waals surface area contributed by atoms with Crippen molar-refractivity contribution in [2.24, 2.45) is 11.3 Å². The maximum Gasteiger partial charge on any atom is 0.407 e. The highest BCUT2D eigenvalue weighted by molar-refractivity contribution is 7.89. The number of hydrogen-bond acceptors (Lipinski definition) is 9. The Kier molecular flexibility index (Phi) is 10.8. The molecular formula is C31H43N3O8S. The molecule has 5 atom stereocenters. The van der Waals surface area contributed by atoms with E-state index >= 15 is 0 Å². The van der Waals surface area contributed by atoms with E-state index in [1.165, 1.54) is 23.4 Å². The smallest absolute Gasteiger partial charge is 0.407 e. The van der Waals surface area contributed by atoms with Crippen molar-refractivity contribution < 1.29 is 37.3 Å². The minimum Gasteiger partial charge on any atom is -0.443 e. The highest BCUT2D eigenvalue weighted by Gasteiger charge is 2.44. The zero-order chi connectivity index (χ0) is 31.2. The topological polar surface area (TPSA) is 157 Å². The van der Waals surface area contributed by atoms with Crippen molar-refractivity contribution in [1.29, 1.82) is 0 Å². The number of fused-ring (bicyclic) bond motifs is 1. The number of benzene rings is 2. The molecule has 1 amide bonds. The van der Waals surface area contributed by atoms with E-state index in [9.17, 15) is 23.1 Å². The number of aliphatic hydroxyl groups is 1. The second kappa shape index (κ2) is 14.2. The molecule has 0 aliphatic carbocycles. The fraction of sp³-hybridized carbons (Fsp3) is 0.548. The lowest BCUT2D eigenvalue weighted by Gasteiger charge is -2.35. The first-order valence-electron chi connectivity index (χ1n) is 14.6. The van der Waals surface area contributed by atoms with Gasteiger partial charge in [0.15, 0.2) is 6.29 Å². The first-order valence-corrected chi connectivity index (χ1v) is 16.1. The number of alkyl carbamates (subject to hydrolysis) is 1. The Balaban J connectivity index is 1.56. The number of anilines is 1. The van der Waals surface area contributed by atoms with Gasteiger partial charge in [-0.15, -0.1) is 0 Å². The number of Topliss-reactive ketones (excluding diaryl/α,β-unsaturated/α-hetero) is 1. The normalized spacial score (nSPS) is 21.7. The molecule has 2 aliphatic rings. The van der Waals surface area contributed by atoms with Crippen LogP contribution in [0, 0.1) is 11.3 Å². The predicted octanol–water partition coefficient (Wildman–Crippen LogP) is 3.11. The average Bonchev–Trinajstić information content (AvgIpc) is 3.57. The van der Waals surface area contributed by atoms with Crippen LogP contribution >= 0.6 is 0 Å². The summed E-state index contributed by atoms with van der Waals surface area (Å²) in [5, 5.41) is 14.4. The van der Waals surface area contributed by atoms with Crippen molar-refractivity contribution in [3.63, 3.8) is 0 Å². The molecule has 2 aromatic carbocycles. The molecule has 0 unspecified atom stereocenters. The summed E-state index contributed by atoms with van der Waals surface area (Å²) in [6.45, 7) is 5.72. The van der Waals surface area contributed by atoms with Crippen LogP contribution in [-0.4, -0.2) is 80.5 Å². The van der Waals surface area contributed by atoms with E-state index in [1.807, 2.05) is 44.2 Å². The van der Waals surface area contributed by atoms with Crippen LogP contribution in [-0.2, 0) is 35.4 Å². The quantitative estimate of drug-likeness (QED) is 0.271. The van der Waals surface area contributed by atoms with E-state index in [-0.39, 0.29) is 54.7 Å². The molecule has 0 saturated carbocycles. The first-order chi connectivity index (χ1) is 20.3. The molecule has 0 aromatic heterocycles. The molecule has 12 heteroatoms. The number of amides is 1. The molecule has 43 heavy (non-hydrogen) atoms. The molecule has 2 fully saturated rings. The van der Waals surface area contributed by atoms with Gasteiger partial charge >= 0.3 is 6.09 Å². The van der Waals surface area contributed by atoms with Gasteiger partial charge in [0.1, 0.15) is 11.9 Å². The Morgan fingerprint density at radius 1 is 1.16 bits per heavy atom. The van der Waals surface area contributed by atoms with Crippen LogP contribution in [0.4, 0.5) is 10.5 Å². The van der Waals surface area contributed by atoms with E-state index in [0.717, 1.165) is 12.0 Å². The van der Waals surface area contributed by atoms with Crippen LogP contribution in [0.25, 0.3) is 0 Å². The molecule has 4 rings (SSSR count). The maximum absolute atomic E-state index is 13.9. The number of carbonyl (C=O) groups is 2. The molecule has 2 aliphatic heterocycles. The molecule has 0 spiro atoms. The number of nitrogens with one attached hydrogen (secondary N) is 1. The number of carbonyl (C=O) groups excluding carboxylic acids is 2. The second-order valence-corrected chi connectivity index (χ2v) is 14.2. The molecule has 2 saturated heterocycles. The van der Waals surface area contributed by atoms with Crippen molar-refractivity contribution in [2.45, 2.75) is 75.9 Å². The summed E-state index contributed by atoms with van der Waals surface area (Å²) in [6.07, 6.45) is -1.21. The van der Waals surface area contributed by atoms with E-state index in [4.69, 9.17) is 19.9 Å². The Morgan fingerprint density at radius 3 is 2.60 bits per heavy atom. The monoisotopic (exact) mass is 617 g/mol. The molecule has 11 nitrogen and oxygen atoms in total. The number of ketones is 1. The highest BCUT2D eigenvalue weighted by atomic mass is 32.2. The van der Waals surface area contributed by atoms with Crippen molar-refractivity contribution in [3.8, 4) is 0 Å². The molecule has 2 heterocycles. The second-order valence-electron chi connectivity index (χ2n) is 12.2. The molecule has 2 aromatic rings. The first kappa shape index (κ1) is 32.9. The van der Waals surface area contributed by atoms with Crippen molar-refractivity contribution in [1.82, 2.24) is 9.62 Å². The summed E-state index contributed by atoms with van der Waals surface area (Å²) in [5.74, 6) is -0.0495. The lowest BCUT2D eigenvalue weighted by Crippen LogP contribution is -2.52. The maximum atomic E-state index is 13.9. The zero-order valence-electron chi connectivity index (χ0n) is 25.0. The number of sulfonamides is 1. The summed E-state index contributed by atoms with van der Waals surface area (Å²) >= 11 is 0. The SMILES string of the molecule is CC(=O)CCC(C)(C)CN(C[C@@H](O)[C@H](Cc1ccccc1)NC(=O)O[C@H]1CO[C@H]2OCC[C@H]21)S(=O)(=O)c1cccc(N)c1. The third kappa shape index (κ3) is 8.99. The number of ether oxygens (including phenoxy) is 3. The minimum atomic E-state index is -4.12. The van der Waals surface area contributed by atoms with E-state index < -0.39 is 39.8 Å². The molecular weight excluding hydrogens is 574 g/mol. The Hall–Kier alpha value is -3.03. The number of nitrogen functional groups attached to an aromatic ring is 1. The predicted molar refractivity (Wildman–Crippen MR) is 160 cm³/mol. The third-order valence-electron chi connectivity index (χ3n) is 7.95. The van der Waals surface area contributed by atoms with Gasteiger partial charge in [-0.1, -0.05) is 50.2 Å². The number of aliphatic hydroxyl groups excluding tert-OH is 1. The van der Waals surface area contributed by atoms with Gasteiger partial charge < -0.3 is 35.2 Å². The molecule has 0 bridgehead atoms. The lowest BCUT2D eigenvalue weighted by atomic mass is 9.87. The molecule has 0 radical (unpaired) electrons. The van der Waals surface area contributed by atoms with Gasteiger partial charge in [-0.3, -0.25) is 0 Å². The lowest BCUT2D eigenvalue weighted by molar-refractivity contribution is -0.117. The Labute approximate surface area is 253 Å². The van der Waals surface area contributed by atoms with Crippen LogP contribution in [0.5, 0.6) is 0 Å². The molecule has 236 valence electrons. The fourth-order valence-electron chi connectivity index (χ4n) is 5.50. The van der Waals surface area contributed by atoms with Crippen molar-refractivity contribution >= 4 is 27.6 Å². The standard InChI is InChI=1S/C31H43N3O8S/c1-21(35)12-14-31(2,3)20-34(43(38,39)24-11-7-10-23(32)17-24)18-27(36)26(16-22-8-5-4-6-9-22)33-30(37)42-28-19-41-29-25(28)13-15-40-29/h4-11,17,25-29,36H,12-16,18-20,32H2,1-3H3,(H,33,37)/t25-,26-,27+,28-,29+/m0/s1. The Bertz CT molecular complexity index is 1350. The van der Waals surface area contributed by atoms with Crippen LogP contribution < -0.4 is 11.1 Å². The van der Waals surface area contributed by atoms with Gasteiger partial charge in [-0.25, -0.2) is 13.2 Å². The minimum absolute atomic E-state index is 0.00661. The van der Waals surface area contributed by atoms with Gasteiger partial charge in [-0.2, -0.15) is 4.31 Å². The van der Waals surface area contributed by atoms with Crippen LogP contribution in [0.3, 0.4) is 0 Å². The van der Waals surface area contributed by atoms with Crippen molar-refractivity contribution in [2.75, 3.05) is 32.0 Å². The summed E-state index contributed by atoms with van der Waals surface area (Å²) in [4.78, 5) is 24.8. The van der Waals surface area contributed by atoms with E-state index in [1.54, 1.807) is 12.1 Å². The van der Waals surface area contributed by atoms with Crippen LogP contribution in [0.15, 0.2) is 59.5 Å². The van der Waals surface area contributed by atoms with Gasteiger partial charge in [0.25, 0.3) is 0 Å². The Morgan fingerprint density at radius 2 is 1.91 bits per heavy atom. The summed E-state index contributed by atoms with van der Waals surface area (Å²) in [6, 6.07) is 14.4.